The third-order valence-electron chi connectivity index (χ3n) is 11.2. The van der Waals surface area contributed by atoms with Crippen molar-refractivity contribution in [1.82, 2.24) is 0 Å². The number of rotatable bonds is 43. The van der Waals surface area contributed by atoms with Crippen LogP contribution in [0.25, 0.3) is 0 Å². The summed E-state index contributed by atoms with van der Waals surface area (Å²) in [6.45, 7) is 4.33. The van der Waals surface area contributed by atoms with Gasteiger partial charge in [-0.25, -0.2) is 0 Å². The molecule has 6 unspecified atom stereocenters. The first kappa shape index (κ1) is 60.9. The third-order valence-corrected chi connectivity index (χ3v) is 11.2. The smallest absolute Gasteiger partial charge is 0.306 e. The van der Waals surface area contributed by atoms with Crippen LogP contribution in [0, 0.1) is 0 Å². The fourth-order valence-electron chi connectivity index (χ4n) is 7.15. The lowest BCUT2D eigenvalue weighted by Gasteiger charge is -2.39. The Bertz CT molecular complexity index is 1370. The molecule has 0 spiro atoms. The zero-order valence-electron chi connectivity index (χ0n) is 41.4. The minimum absolute atomic E-state index is 0.117. The molecule has 1 rings (SSSR count). The third kappa shape index (κ3) is 36.9. The average Bonchev–Trinajstić information content (AvgIpc) is 3.32. The van der Waals surface area contributed by atoms with Crippen LogP contribution in [0.2, 0.25) is 0 Å². The number of carbonyl (C=O) groups excluding carboxylic acids is 1. The molecule has 6 atom stereocenters. The molecule has 0 aliphatic carbocycles. The van der Waals surface area contributed by atoms with E-state index in [9.17, 15) is 25.2 Å². The number of unbranched alkanes of at least 4 members (excludes halogenated alkanes) is 14. The van der Waals surface area contributed by atoms with E-state index >= 15 is 0 Å². The fraction of sp³-hybridized carbons (Fsp3) is 0.667. The van der Waals surface area contributed by atoms with Gasteiger partial charge >= 0.3 is 5.97 Å². The first-order valence-corrected chi connectivity index (χ1v) is 26.0. The zero-order chi connectivity index (χ0) is 47.8. The Morgan fingerprint density at radius 3 is 1.39 bits per heavy atom. The molecule has 0 aromatic carbocycles. The number of hydrogen-bond acceptors (Lipinski definition) is 9. The molecule has 66 heavy (non-hydrogen) atoms. The van der Waals surface area contributed by atoms with Gasteiger partial charge in [0.2, 0.25) is 0 Å². The maximum absolute atomic E-state index is 12.8. The molecule has 1 aliphatic heterocycles. The lowest BCUT2D eigenvalue weighted by atomic mass is 9.99. The maximum Gasteiger partial charge on any atom is 0.306 e. The van der Waals surface area contributed by atoms with Gasteiger partial charge in [-0.1, -0.05) is 181 Å². The minimum Gasteiger partial charge on any atom is -0.457 e. The highest BCUT2D eigenvalue weighted by Gasteiger charge is 2.44. The SMILES string of the molecule is CC/C=C\C/C=C\C/C=C\C/C=C\C/C=C\C/C=C\C/C=C\CCCCCCOCC(COC1OC(CO)C(O)C(O)C1O)OC(=O)CCCCCCCCC/C=C\C/C=C\CCCCC. The lowest BCUT2D eigenvalue weighted by Crippen LogP contribution is -2.59. The quantitative estimate of drug-likeness (QED) is 0.0268. The number of allylic oxidation sites excluding steroid dienone is 18. The topological polar surface area (TPSA) is 135 Å². The summed E-state index contributed by atoms with van der Waals surface area (Å²) in [5, 5.41) is 40.3. The van der Waals surface area contributed by atoms with Gasteiger partial charge < -0.3 is 39.4 Å². The Labute approximate surface area is 402 Å². The number of aliphatic hydroxyl groups is 4. The first-order valence-electron chi connectivity index (χ1n) is 26.0. The average molecular weight is 923 g/mol. The van der Waals surface area contributed by atoms with Gasteiger partial charge in [-0.05, 0) is 103 Å². The predicted octanol–water partition coefficient (Wildman–Crippen LogP) is 12.9. The zero-order valence-corrected chi connectivity index (χ0v) is 41.4. The second-order valence-corrected chi connectivity index (χ2v) is 17.2. The number of esters is 1. The van der Waals surface area contributed by atoms with Crippen LogP contribution in [-0.2, 0) is 23.7 Å². The van der Waals surface area contributed by atoms with Crippen LogP contribution in [0.3, 0.4) is 0 Å². The summed E-state index contributed by atoms with van der Waals surface area (Å²) in [6.07, 6.45) is 59.7. The highest BCUT2D eigenvalue weighted by molar-refractivity contribution is 5.69. The molecular weight excluding hydrogens is 829 g/mol. The largest absolute Gasteiger partial charge is 0.457 e. The Balaban J connectivity index is 2.25. The molecule has 4 N–H and O–H groups in total. The Morgan fingerprint density at radius 1 is 0.500 bits per heavy atom. The van der Waals surface area contributed by atoms with Crippen LogP contribution < -0.4 is 0 Å². The second-order valence-electron chi connectivity index (χ2n) is 17.2. The molecule has 1 saturated heterocycles. The van der Waals surface area contributed by atoms with Crippen molar-refractivity contribution >= 4 is 5.97 Å². The van der Waals surface area contributed by atoms with E-state index in [1.54, 1.807) is 0 Å². The summed E-state index contributed by atoms with van der Waals surface area (Å²) in [4.78, 5) is 12.8. The van der Waals surface area contributed by atoms with Gasteiger partial charge in [-0.3, -0.25) is 4.79 Å². The summed E-state index contributed by atoms with van der Waals surface area (Å²) in [7, 11) is 0. The van der Waals surface area contributed by atoms with E-state index in [0.717, 1.165) is 116 Å². The van der Waals surface area contributed by atoms with Crippen molar-refractivity contribution in [3.63, 3.8) is 0 Å². The highest BCUT2D eigenvalue weighted by Crippen LogP contribution is 2.22. The molecule has 9 nitrogen and oxygen atoms in total. The first-order chi connectivity index (χ1) is 32.4. The number of aliphatic hydroxyl groups excluding tert-OH is 4. The molecule has 1 aliphatic rings. The van der Waals surface area contributed by atoms with E-state index in [4.69, 9.17) is 18.9 Å². The van der Waals surface area contributed by atoms with E-state index in [0.29, 0.717) is 13.0 Å². The molecule has 0 amide bonds. The molecule has 0 aromatic rings. The van der Waals surface area contributed by atoms with Crippen molar-refractivity contribution in [2.24, 2.45) is 0 Å². The van der Waals surface area contributed by atoms with E-state index in [1.165, 1.54) is 44.9 Å². The molecule has 0 bridgehead atoms. The maximum atomic E-state index is 12.8. The molecule has 0 radical (unpaired) electrons. The molecule has 1 heterocycles. The molecule has 9 heteroatoms. The summed E-state index contributed by atoms with van der Waals surface area (Å²) in [5.41, 5.74) is 0. The second kappa shape index (κ2) is 46.9. The van der Waals surface area contributed by atoms with E-state index in [1.807, 2.05) is 0 Å². The van der Waals surface area contributed by atoms with Crippen molar-refractivity contribution in [3.8, 4) is 0 Å². The number of ether oxygens (including phenoxy) is 4. The van der Waals surface area contributed by atoms with Gasteiger partial charge in [-0.2, -0.15) is 0 Å². The van der Waals surface area contributed by atoms with E-state index < -0.39 is 43.4 Å². The molecule has 376 valence electrons. The molecule has 0 aromatic heterocycles. The fourth-order valence-corrected chi connectivity index (χ4v) is 7.15. The Kier molecular flexibility index (Phi) is 43.3. The van der Waals surface area contributed by atoms with Crippen LogP contribution >= 0.6 is 0 Å². The van der Waals surface area contributed by atoms with Crippen LogP contribution in [0.4, 0.5) is 0 Å². The standard InChI is InChI=1S/C57H94O9/c1-3-5-7-9-11-13-15-17-19-21-22-23-24-25-26-27-28-29-31-33-35-37-39-41-43-45-47-63-49-51(50-64-57-56(62)55(61)54(60)52(48-58)66-57)65-53(59)46-44-42-40-38-36-34-32-30-20-18-16-14-12-10-8-6-4-2/h5,7,11-14,17-20,22-23,25-26,28-29,33,35,51-52,54-58,60-62H,3-4,6,8-10,15-16,21,24,27,30-32,34,36-50H2,1-2H3/b7-5-,13-11-,14-12-,19-17-,20-18-,23-22-,26-25-,29-28-,35-33-. The van der Waals surface area contributed by atoms with Gasteiger partial charge in [-0.15, -0.1) is 0 Å². The Hall–Kier alpha value is -3.15. The van der Waals surface area contributed by atoms with E-state index in [2.05, 4.69) is 123 Å². The van der Waals surface area contributed by atoms with Crippen LogP contribution in [-0.4, -0.2) is 89.6 Å². The minimum atomic E-state index is -1.55. The van der Waals surface area contributed by atoms with Crippen LogP contribution in [0.1, 0.15) is 181 Å². The molecule has 1 fully saturated rings. The summed E-state index contributed by atoms with van der Waals surface area (Å²) < 4.78 is 22.9. The summed E-state index contributed by atoms with van der Waals surface area (Å²) in [6, 6.07) is 0. The van der Waals surface area contributed by atoms with Gasteiger partial charge in [0.25, 0.3) is 0 Å². The van der Waals surface area contributed by atoms with E-state index in [-0.39, 0.29) is 19.2 Å². The van der Waals surface area contributed by atoms with Crippen molar-refractivity contribution in [1.29, 1.82) is 0 Å². The Morgan fingerprint density at radius 2 is 0.924 bits per heavy atom. The van der Waals surface area contributed by atoms with Crippen molar-refractivity contribution < 1.29 is 44.2 Å². The van der Waals surface area contributed by atoms with Gasteiger partial charge in [0.05, 0.1) is 19.8 Å². The normalized spacial score (nSPS) is 20.2. The van der Waals surface area contributed by atoms with Crippen molar-refractivity contribution in [3.05, 3.63) is 109 Å². The highest BCUT2D eigenvalue weighted by atomic mass is 16.7. The monoisotopic (exact) mass is 923 g/mol. The van der Waals surface area contributed by atoms with Gasteiger partial charge in [0.15, 0.2) is 6.29 Å². The van der Waals surface area contributed by atoms with Crippen molar-refractivity contribution in [2.45, 2.75) is 218 Å². The summed E-state index contributed by atoms with van der Waals surface area (Å²) >= 11 is 0. The number of hydrogen-bond donors (Lipinski definition) is 4. The molecular formula is C57H94O9. The van der Waals surface area contributed by atoms with Crippen LogP contribution in [0.15, 0.2) is 109 Å². The number of carbonyl (C=O) groups is 1. The van der Waals surface area contributed by atoms with Gasteiger partial charge in [0, 0.05) is 13.0 Å². The summed E-state index contributed by atoms with van der Waals surface area (Å²) in [5.74, 6) is -0.336. The lowest BCUT2D eigenvalue weighted by molar-refractivity contribution is -0.305. The predicted molar refractivity (Wildman–Crippen MR) is 274 cm³/mol. The molecule has 0 saturated carbocycles. The van der Waals surface area contributed by atoms with Crippen molar-refractivity contribution in [2.75, 3.05) is 26.4 Å². The van der Waals surface area contributed by atoms with Gasteiger partial charge in [0.1, 0.15) is 30.5 Å². The van der Waals surface area contributed by atoms with Crippen LogP contribution in [0.5, 0.6) is 0 Å².